The zero-order chi connectivity index (χ0) is 22.5. The van der Waals surface area contributed by atoms with E-state index in [-0.39, 0.29) is 17.1 Å². The van der Waals surface area contributed by atoms with E-state index >= 15 is 0 Å². The first kappa shape index (κ1) is 22.9. The molecular weight excluding hydrogens is 414 g/mol. The van der Waals surface area contributed by atoms with Gasteiger partial charge in [0.05, 0.1) is 31.4 Å². The molecule has 0 radical (unpaired) electrons. The lowest BCUT2D eigenvalue weighted by molar-refractivity contribution is -0.384. The van der Waals surface area contributed by atoms with Gasteiger partial charge in [-0.05, 0) is 30.7 Å². The van der Waals surface area contributed by atoms with Gasteiger partial charge in [-0.2, -0.15) is 0 Å². The van der Waals surface area contributed by atoms with Crippen LogP contribution < -0.4 is 19.1 Å². The average molecular weight is 437 g/mol. The number of anilines is 1. The summed E-state index contributed by atoms with van der Waals surface area (Å²) in [7, 11) is -1.10. The van der Waals surface area contributed by atoms with Crippen molar-refractivity contribution in [2.45, 2.75) is 13.0 Å². The van der Waals surface area contributed by atoms with Crippen LogP contribution in [0.5, 0.6) is 11.5 Å². The molecule has 11 heteroatoms. The average Bonchev–Trinajstić information content (AvgIpc) is 2.70. The summed E-state index contributed by atoms with van der Waals surface area (Å²) in [5, 5.41) is 13.8. The Labute approximate surface area is 174 Å². The van der Waals surface area contributed by atoms with Gasteiger partial charge in [0, 0.05) is 12.1 Å². The highest BCUT2D eigenvalue weighted by atomic mass is 32.2. The predicted molar refractivity (Wildman–Crippen MR) is 111 cm³/mol. The Bertz CT molecular complexity index is 1020. The maximum atomic E-state index is 12.6. The molecule has 0 aromatic heterocycles. The molecule has 1 amide bonds. The minimum atomic E-state index is -3.94. The number of non-ortho nitro benzene ring substituents is 1. The maximum absolute atomic E-state index is 12.6. The van der Waals surface area contributed by atoms with E-state index in [0.29, 0.717) is 5.75 Å². The number of carbonyl (C=O) groups is 1. The molecule has 2 aromatic carbocycles. The molecule has 2 aromatic rings. The summed E-state index contributed by atoms with van der Waals surface area (Å²) in [5.74, 6) is 0.164. The van der Waals surface area contributed by atoms with Gasteiger partial charge in [-0.25, -0.2) is 8.42 Å². The van der Waals surface area contributed by atoms with E-state index in [0.717, 1.165) is 22.2 Å². The van der Waals surface area contributed by atoms with E-state index in [1.54, 1.807) is 38.3 Å². The number of methoxy groups -OCH3 is 2. The molecule has 2 rings (SSSR count). The lowest BCUT2D eigenvalue weighted by atomic mass is 10.1. The smallest absolute Gasteiger partial charge is 0.271 e. The standard InChI is InChI=1S/C19H23N3O7S/c1-13(14-5-8-16(28-2)9-6-14)20-19(23)12-21(30(4,26)27)17-11-15(22(24)25)7-10-18(17)29-3/h5-11,13H,12H2,1-4H3,(H,20,23). The van der Waals surface area contributed by atoms with Gasteiger partial charge in [0.2, 0.25) is 15.9 Å². The summed E-state index contributed by atoms with van der Waals surface area (Å²) in [6.45, 7) is 1.18. The van der Waals surface area contributed by atoms with E-state index < -0.39 is 33.4 Å². The topological polar surface area (TPSA) is 128 Å². The van der Waals surface area contributed by atoms with Crippen molar-refractivity contribution in [1.29, 1.82) is 0 Å². The van der Waals surface area contributed by atoms with E-state index in [1.165, 1.54) is 19.2 Å². The van der Waals surface area contributed by atoms with Gasteiger partial charge in [0.25, 0.3) is 5.69 Å². The number of hydrogen-bond acceptors (Lipinski definition) is 7. The Hall–Kier alpha value is -3.34. The van der Waals surface area contributed by atoms with Crippen LogP contribution in [0.2, 0.25) is 0 Å². The summed E-state index contributed by atoms with van der Waals surface area (Å²) >= 11 is 0. The van der Waals surface area contributed by atoms with Crippen LogP contribution in [0.15, 0.2) is 42.5 Å². The highest BCUT2D eigenvalue weighted by Gasteiger charge is 2.26. The summed E-state index contributed by atoms with van der Waals surface area (Å²) in [6.07, 6.45) is 0.908. The van der Waals surface area contributed by atoms with Gasteiger partial charge in [0.1, 0.15) is 23.7 Å². The first-order chi connectivity index (χ1) is 14.1. The Balaban J connectivity index is 2.28. The van der Waals surface area contributed by atoms with Gasteiger partial charge in [-0.1, -0.05) is 12.1 Å². The third kappa shape index (κ3) is 5.60. The van der Waals surface area contributed by atoms with E-state index in [1.807, 2.05) is 0 Å². The summed E-state index contributed by atoms with van der Waals surface area (Å²) < 4.78 is 35.7. The number of rotatable bonds is 9. The van der Waals surface area contributed by atoms with Crippen LogP contribution in [0.3, 0.4) is 0 Å². The van der Waals surface area contributed by atoms with Crippen LogP contribution in [0.4, 0.5) is 11.4 Å². The maximum Gasteiger partial charge on any atom is 0.271 e. The van der Waals surface area contributed by atoms with Gasteiger partial charge in [-0.15, -0.1) is 0 Å². The van der Waals surface area contributed by atoms with Crippen molar-refractivity contribution < 1.29 is 27.6 Å². The van der Waals surface area contributed by atoms with Gasteiger partial charge >= 0.3 is 0 Å². The molecule has 1 N–H and O–H groups in total. The van der Waals surface area contributed by atoms with Crippen LogP contribution in [-0.2, 0) is 14.8 Å². The van der Waals surface area contributed by atoms with E-state index in [9.17, 15) is 23.3 Å². The largest absolute Gasteiger partial charge is 0.497 e. The molecule has 1 atom stereocenters. The molecule has 0 fully saturated rings. The highest BCUT2D eigenvalue weighted by Crippen LogP contribution is 2.33. The number of hydrogen-bond donors (Lipinski definition) is 1. The van der Waals surface area contributed by atoms with Crippen molar-refractivity contribution in [2.75, 3.05) is 31.3 Å². The van der Waals surface area contributed by atoms with Gasteiger partial charge in [-0.3, -0.25) is 19.2 Å². The normalized spacial score (nSPS) is 12.0. The molecule has 0 spiro atoms. The number of carbonyl (C=O) groups excluding carboxylic acids is 1. The third-order valence-electron chi connectivity index (χ3n) is 4.32. The monoisotopic (exact) mass is 437 g/mol. The molecule has 162 valence electrons. The summed E-state index contributed by atoms with van der Waals surface area (Å²) in [5.41, 5.74) is 0.371. The predicted octanol–water partition coefficient (Wildman–Crippen LogP) is 2.26. The zero-order valence-corrected chi connectivity index (χ0v) is 17.8. The second-order valence-corrected chi connectivity index (χ2v) is 8.35. The lowest BCUT2D eigenvalue weighted by Gasteiger charge is -2.24. The van der Waals surface area contributed by atoms with Crippen molar-refractivity contribution >= 4 is 27.3 Å². The number of amides is 1. The van der Waals surface area contributed by atoms with Gasteiger partial charge < -0.3 is 14.8 Å². The van der Waals surface area contributed by atoms with E-state index in [2.05, 4.69) is 5.32 Å². The fraction of sp³-hybridized carbons (Fsp3) is 0.316. The second-order valence-electron chi connectivity index (χ2n) is 6.45. The lowest BCUT2D eigenvalue weighted by Crippen LogP contribution is -2.41. The molecule has 0 aliphatic carbocycles. The minimum Gasteiger partial charge on any atom is -0.497 e. The number of nitro benzene ring substituents is 1. The molecule has 0 aliphatic rings. The van der Waals surface area contributed by atoms with Crippen LogP contribution in [0, 0.1) is 10.1 Å². The Morgan fingerprint density at radius 1 is 1.17 bits per heavy atom. The van der Waals surface area contributed by atoms with Crippen molar-refractivity contribution in [2.24, 2.45) is 0 Å². The highest BCUT2D eigenvalue weighted by molar-refractivity contribution is 7.92. The minimum absolute atomic E-state index is 0.0852. The summed E-state index contributed by atoms with van der Waals surface area (Å²) in [4.78, 5) is 23.0. The van der Waals surface area contributed by atoms with Crippen molar-refractivity contribution in [3.8, 4) is 11.5 Å². The number of ether oxygens (including phenoxy) is 2. The van der Waals surface area contributed by atoms with Crippen molar-refractivity contribution in [1.82, 2.24) is 5.32 Å². The molecule has 10 nitrogen and oxygen atoms in total. The van der Waals surface area contributed by atoms with Crippen LogP contribution in [0.1, 0.15) is 18.5 Å². The third-order valence-corrected chi connectivity index (χ3v) is 5.45. The number of nitro groups is 1. The fourth-order valence-corrected chi connectivity index (χ4v) is 3.61. The molecule has 0 bridgehead atoms. The molecular formula is C19H23N3O7S. The molecule has 0 saturated heterocycles. The van der Waals surface area contributed by atoms with Crippen LogP contribution in [-0.4, -0.2) is 46.3 Å². The van der Waals surface area contributed by atoms with Crippen molar-refractivity contribution in [3.05, 3.63) is 58.1 Å². The number of benzene rings is 2. The molecule has 30 heavy (non-hydrogen) atoms. The Morgan fingerprint density at radius 3 is 2.30 bits per heavy atom. The fourth-order valence-electron chi connectivity index (χ4n) is 2.76. The number of nitrogens with zero attached hydrogens (tertiary/aromatic N) is 2. The van der Waals surface area contributed by atoms with Crippen LogP contribution in [0.25, 0.3) is 0 Å². The first-order valence-electron chi connectivity index (χ1n) is 8.80. The zero-order valence-electron chi connectivity index (χ0n) is 17.0. The van der Waals surface area contributed by atoms with Crippen molar-refractivity contribution in [3.63, 3.8) is 0 Å². The molecule has 0 aliphatic heterocycles. The molecule has 0 saturated carbocycles. The van der Waals surface area contributed by atoms with E-state index in [4.69, 9.17) is 9.47 Å². The summed E-state index contributed by atoms with van der Waals surface area (Å²) in [6, 6.07) is 10.2. The first-order valence-corrected chi connectivity index (χ1v) is 10.6. The quantitative estimate of drug-likeness (QED) is 0.471. The Kier molecular flexibility index (Phi) is 7.22. The second kappa shape index (κ2) is 9.44. The number of sulfonamides is 1. The molecule has 0 heterocycles. The Morgan fingerprint density at radius 2 is 1.80 bits per heavy atom. The number of nitrogens with one attached hydrogen (secondary N) is 1. The SMILES string of the molecule is COc1ccc(C(C)NC(=O)CN(c2cc([N+](=O)[O-])ccc2OC)S(C)(=O)=O)cc1. The molecule has 1 unspecified atom stereocenters. The van der Waals surface area contributed by atoms with Gasteiger partial charge in [0.15, 0.2) is 0 Å². The van der Waals surface area contributed by atoms with Crippen LogP contribution >= 0.6 is 0 Å².